The first kappa shape index (κ1) is 22.1. The number of fused-ring (bicyclic) bond motifs is 1. The first-order valence-corrected chi connectivity index (χ1v) is 12.1. The van der Waals surface area contributed by atoms with Crippen molar-refractivity contribution in [1.82, 2.24) is 5.43 Å². The van der Waals surface area contributed by atoms with Crippen LogP contribution >= 0.6 is 22.6 Å². The number of ether oxygens (including phenoxy) is 2. The summed E-state index contributed by atoms with van der Waals surface area (Å²) in [4.78, 5) is 12.6. The lowest BCUT2D eigenvalue weighted by molar-refractivity contribution is -0.123. The van der Waals surface area contributed by atoms with Crippen LogP contribution < -0.4 is 14.9 Å². The molecule has 0 bridgehead atoms. The van der Waals surface area contributed by atoms with Crippen LogP contribution in [0.5, 0.6) is 11.5 Å². The fraction of sp³-hybridized carbons (Fsp3) is 0.440. The molecule has 0 aromatic heterocycles. The van der Waals surface area contributed by atoms with Crippen LogP contribution in [-0.2, 0) is 11.4 Å². The van der Waals surface area contributed by atoms with Gasteiger partial charge in [-0.05, 0) is 76.9 Å². The molecule has 2 aliphatic carbocycles. The standard InChI is InChI=1S/C25H29IN2O3/c1-3-30-21-14-18(13-20(26)23(21)31-16-17-9-5-4-6-10-17)15-27-28-24(29)22-19-11-7-8-12-25(19,22)2/h4-6,9-10,13-15,19,22H,3,7-8,11-12,16H2,1-2H3,(H,28,29)/b27-15-/t19-,22-,25+/m0/s1. The van der Waals surface area contributed by atoms with Gasteiger partial charge in [0.1, 0.15) is 6.61 Å². The number of hydrogen-bond donors (Lipinski definition) is 1. The maximum absolute atomic E-state index is 12.6. The topological polar surface area (TPSA) is 59.9 Å². The molecule has 2 aromatic rings. The lowest BCUT2D eigenvalue weighted by Crippen LogP contribution is -2.22. The Morgan fingerprint density at radius 2 is 2.06 bits per heavy atom. The number of carbonyl (C=O) groups is 1. The van der Waals surface area contributed by atoms with Crippen molar-refractivity contribution in [2.45, 2.75) is 46.1 Å². The van der Waals surface area contributed by atoms with Crippen molar-refractivity contribution < 1.29 is 14.3 Å². The molecule has 164 valence electrons. The molecule has 0 saturated heterocycles. The van der Waals surface area contributed by atoms with Gasteiger partial charge in [-0.1, -0.05) is 50.1 Å². The zero-order valence-corrected chi connectivity index (χ0v) is 20.2. The van der Waals surface area contributed by atoms with Crippen LogP contribution in [0.25, 0.3) is 0 Å². The lowest BCUT2D eigenvalue weighted by Gasteiger charge is -2.15. The molecule has 1 amide bonds. The smallest absolute Gasteiger partial charge is 0.244 e. The number of nitrogens with zero attached hydrogens (tertiary/aromatic N) is 1. The molecule has 6 heteroatoms. The van der Waals surface area contributed by atoms with Crippen molar-refractivity contribution in [3.05, 3.63) is 57.2 Å². The summed E-state index contributed by atoms with van der Waals surface area (Å²) in [6.07, 6.45) is 6.47. The van der Waals surface area contributed by atoms with Gasteiger partial charge in [-0.3, -0.25) is 4.79 Å². The van der Waals surface area contributed by atoms with Gasteiger partial charge < -0.3 is 9.47 Å². The van der Waals surface area contributed by atoms with E-state index in [9.17, 15) is 4.79 Å². The Hall–Kier alpha value is -2.09. The van der Waals surface area contributed by atoms with Gasteiger partial charge in [-0.2, -0.15) is 5.10 Å². The molecule has 0 unspecified atom stereocenters. The Bertz CT molecular complexity index is 963. The fourth-order valence-electron chi connectivity index (χ4n) is 4.89. The quantitative estimate of drug-likeness (QED) is 0.276. The van der Waals surface area contributed by atoms with E-state index in [1.807, 2.05) is 49.4 Å². The highest BCUT2D eigenvalue weighted by Gasteiger charge is 2.64. The monoisotopic (exact) mass is 532 g/mol. The minimum absolute atomic E-state index is 0.0493. The fourth-order valence-corrected chi connectivity index (χ4v) is 5.67. The molecule has 2 aliphatic rings. The van der Waals surface area contributed by atoms with Gasteiger partial charge >= 0.3 is 0 Å². The molecule has 3 atom stereocenters. The Morgan fingerprint density at radius 3 is 2.77 bits per heavy atom. The maximum Gasteiger partial charge on any atom is 0.244 e. The van der Waals surface area contributed by atoms with Crippen molar-refractivity contribution >= 4 is 34.7 Å². The van der Waals surface area contributed by atoms with Gasteiger partial charge in [0, 0.05) is 5.92 Å². The molecule has 2 saturated carbocycles. The highest BCUT2D eigenvalue weighted by molar-refractivity contribution is 14.1. The van der Waals surface area contributed by atoms with Crippen molar-refractivity contribution in [2.24, 2.45) is 22.4 Å². The van der Waals surface area contributed by atoms with Crippen molar-refractivity contribution in [3.8, 4) is 11.5 Å². The van der Waals surface area contributed by atoms with Crippen molar-refractivity contribution in [3.63, 3.8) is 0 Å². The number of benzene rings is 2. The number of nitrogens with one attached hydrogen (secondary N) is 1. The van der Waals surface area contributed by atoms with Gasteiger partial charge in [-0.25, -0.2) is 5.43 Å². The van der Waals surface area contributed by atoms with E-state index in [1.165, 1.54) is 19.3 Å². The number of hydrazone groups is 1. The summed E-state index contributed by atoms with van der Waals surface area (Å²) in [5.41, 5.74) is 4.91. The van der Waals surface area contributed by atoms with E-state index in [4.69, 9.17) is 9.47 Å². The van der Waals surface area contributed by atoms with E-state index in [2.05, 4.69) is 40.0 Å². The van der Waals surface area contributed by atoms with E-state index in [-0.39, 0.29) is 17.2 Å². The Labute approximate surface area is 197 Å². The minimum atomic E-state index is 0.0493. The summed E-state index contributed by atoms with van der Waals surface area (Å²) >= 11 is 2.25. The molecule has 5 nitrogen and oxygen atoms in total. The van der Waals surface area contributed by atoms with Gasteiger partial charge in [0.25, 0.3) is 0 Å². The zero-order chi connectivity index (χ0) is 21.8. The molecule has 0 aliphatic heterocycles. The van der Waals surface area contributed by atoms with Crippen LogP contribution in [0.3, 0.4) is 0 Å². The summed E-state index contributed by atoms with van der Waals surface area (Å²) in [6, 6.07) is 13.9. The number of carbonyl (C=O) groups excluding carboxylic acids is 1. The van der Waals surface area contributed by atoms with Crippen LogP contribution in [-0.4, -0.2) is 18.7 Å². The summed E-state index contributed by atoms with van der Waals surface area (Å²) < 4.78 is 12.8. The Balaban J connectivity index is 1.41. The largest absolute Gasteiger partial charge is 0.490 e. The van der Waals surface area contributed by atoms with Gasteiger partial charge in [-0.15, -0.1) is 0 Å². The predicted octanol–water partition coefficient (Wildman–Crippen LogP) is 5.55. The van der Waals surface area contributed by atoms with E-state index in [0.717, 1.165) is 26.9 Å². The Kier molecular flexibility index (Phi) is 6.84. The second-order valence-electron chi connectivity index (χ2n) is 8.61. The van der Waals surface area contributed by atoms with E-state index >= 15 is 0 Å². The number of rotatable bonds is 8. The lowest BCUT2D eigenvalue weighted by atomic mass is 9.90. The van der Waals surface area contributed by atoms with E-state index in [1.54, 1.807) is 6.21 Å². The molecule has 2 aromatic carbocycles. The van der Waals surface area contributed by atoms with Crippen LogP contribution in [0.1, 0.15) is 50.7 Å². The first-order valence-electron chi connectivity index (χ1n) is 11.0. The number of hydrogen-bond acceptors (Lipinski definition) is 4. The molecule has 0 heterocycles. The minimum Gasteiger partial charge on any atom is -0.490 e. The van der Waals surface area contributed by atoms with Gasteiger partial charge in [0.05, 0.1) is 16.4 Å². The third-order valence-electron chi connectivity index (χ3n) is 6.56. The zero-order valence-electron chi connectivity index (χ0n) is 18.1. The predicted molar refractivity (Wildman–Crippen MR) is 130 cm³/mol. The first-order chi connectivity index (χ1) is 15.0. The van der Waals surface area contributed by atoms with Crippen LogP contribution in [0.4, 0.5) is 0 Å². The summed E-state index contributed by atoms with van der Waals surface area (Å²) in [5.74, 6) is 2.09. The van der Waals surface area contributed by atoms with E-state index in [0.29, 0.717) is 24.9 Å². The second kappa shape index (κ2) is 9.59. The molecule has 0 spiro atoms. The maximum atomic E-state index is 12.6. The SMILES string of the molecule is CCOc1cc(/C=N\NC(=O)[C@@H]2[C@@H]3CCCC[C@@]23C)cc(I)c1OCc1ccccc1. The Morgan fingerprint density at radius 1 is 1.26 bits per heavy atom. The summed E-state index contributed by atoms with van der Waals surface area (Å²) in [6.45, 7) is 5.21. The summed E-state index contributed by atoms with van der Waals surface area (Å²) in [7, 11) is 0. The van der Waals surface area contributed by atoms with E-state index < -0.39 is 0 Å². The molecule has 1 N–H and O–H groups in total. The third kappa shape index (κ3) is 4.89. The number of amides is 1. The molecular formula is C25H29IN2O3. The molecular weight excluding hydrogens is 503 g/mol. The normalized spacial score (nSPS) is 24.5. The highest BCUT2D eigenvalue weighted by Crippen LogP contribution is 2.66. The van der Waals surface area contributed by atoms with Crippen molar-refractivity contribution in [1.29, 1.82) is 0 Å². The average molecular weight is 532 g/mol. The van der Waals surface area contributed by atoms with Crippen LogP contribution in [0, 0.1) is 20.8 Å². The van der Waals surface area contributed by atoms with Crippen molar-refractivity contribution in [2.75, 3.05) is 6.61 Å². The van der Waals surface area contributed by atoms with Gasteiger partial charge in [0.2, 0.25) is 5.91 Å². The average Bonchev–Trinajstić information content (AvgIpc) is 3.39. The second-order valence-corrected chi connectivity index (χ2v) is 9.77. The number of halogens is 1. The highest BCUT2D eigenvalue weighted by atomic mass is 127. The third-order valence-corrected chi connectivity index (χ3v) is 7.36. The molecule has 2 fully saturated rings. The summed E-state index contributed by atoms with van der Waals surface area (Å²) in [5, 5.41) is 4.23. The van der Waals surface area contributed by atoms with Gasteiger partial charge in [0.15, 0.2) is 11.5 Å². The molecule has 4 rings (SSSR count). The molecule has 31 heavy (non-hydrogen) atoms. The van der Waals surface area contributed by atoms with Crippen LogP contribution in [0.2, 0.25) is 0 Å². The van der Waals surface area contributed by atoms with Crippen LogP contribution in [0.15, 0.2) is 47.6 Å². The molecule has 0 radical (unpaired) electrons.